The highest BCUT2D eigenvalue weighted by molar-refractivity contribution is 5.76. The van der Waals surface area contributed by atoms with Crippen molar-refractivity contribution in [2.24, 2.45) is 17.6 Å². The number of nitrogens with two attached hydrogens (primary N) is 1. The lowest BCUT2D eigenvalue weighted by Crippen LogP contribution is -2.39. The molecule has 15 heavy (non-hydrogen) atoms. The van der Waals surface area contributed by atoms with Crippen LogP contribution < -0.4 is 5.73 Å². The van der Waals surface area contributed by atoms with Crippen molar-refractivity contribution in [3.05, 3.63) is 0 Å². The highest BCUT2D eigenvalue weighted by Crippen LogP contribution is 2.20. The van der Waals surface area contributed by atoms with Crippen LogP contribution in [0.4, 0.5) is 0 Å². The molecule has 1 heterocycles. The molecule has 88 valence electrons. The van der Waals surface area contributed by atoms with Gasteiger partial charge in [0.2, 0.25) is 5.91 Å². The van der Waals surface area contributed by atoms with E-state index in [1.54, 1.807) is 0 Å². The van der Waals surface area contributed by atoms with Gasteiger partial charge < -0.3 is 10.6 Å². The molecule has 0 aromatic rings. The number of piperidine rings is 1. The number of nitrogens with zero attached hydrogens (tertiary/aromatic N) is 1. The van der Waals surface area contributed by atoms with Gasteiger partial charge in [-0.25, -0.2) is 0 Å². The predicted octanol–water partition coefficient (Wildman–Crippen LogP) is 1.62. The van der Waals surface area contributed by atoms with Crippen LogP contribution in [-0.4, -0.2) is 30.4 Å². The average molecular weight is 212 g/mol. The maximum atomic E-state index is 11.8. The Hall–Kier alpha value is -0.570. The Kier molecular flexibility index (Phi) is 5.09. The Bertz CT molecular complexity index is 196. The Morgan fingerprint density at radius 2 is 2.00 bits per heavy atom. The summed E-state index contributed by atoms with van der Waals surface area (Å²) in [6, 6.07) is 0. The molecule has 1 fully saturated rings. The lowest BCUT2D eigenvalue weighted by molar-refractivity contribution is -0.133. The zero-order chi connectivity index (χ0) is 11.3. The number of hydrogen-bond donors (Lipinski definition) is 1. The van der Waals surface area contributed by atoms with Crippen molar-refractivity contribution in [2.75, 3.05) is 19.6 Å². The molecule has 0 spiro atoms. The van der Waals surface area contributed by atoms with Crippen molar-refractivity contribution in [2.45, 2.75) is 39.5 Å². The second kappa shape index (κ2) is 6.11. The molecule has 2 N–H and O–H groups in total. The topological polar surface area (TPSA) is 46.3 Å². The van der Waals surface area contributed by atoms with Crippen LogP contribution in [0.2, 0.25) is 0 Å². The van der Waals surface area contributed by atoms with E-state index in [0.29, 0.717) is 18.2 Å². The van der Waals surface area contributed by atoms with Crippen LogP contribution in [0.1, 0.15) is 39.5 Å². The number of carbonyl (C=O) groups is 1. The van der Waals surface area contributed by atoms with Crippen molar-refractivity contribution in [1.82, 2.24) is 4.90 Å². The first kappa shape index (κ1) is 12.5. The van der Waals surface area contributed by atoms with Gasteiger partial charge in [0, 0.05) is 19.5 Å². The summed E-state index contributed by atoms with van der Waals surface area (Å²) >= 11 is 0. The van der Waals surface area contributed by atoms with Crippen molar-refractivity contribution in [3.8, 4) is 0 Å². The molecule has 1 aliphatic rings. The maximum absolute atomic E-state index is 11.8. The average Bonchev–Trinajstić information content (AvgIpc) is 2.18. The molecular weight excluding hydrogens is 188 g/mol. The Morgan fingerprint density at radius 1 is 1.40 bits per heavy atom. The van der Waals surface area contributed by atoms with Crippen LogP contribution in [0.5, 0.6) is 0 Å². The zero-order valence-electron chi connectivity index (χ0n) is 10.0. The minimum Gasteiger partial charge on any atom is -0.343 e. The summed E-state index contributed by atoms with van der Waals surface area (Å²) < 4.78 is 0. The SMILES string of the molecule is CC(C)CC(=O)N1CCC(CCN)CC1. The maximum Gasteiger partial charge on any atom is 0.222 e. The summed E-state index contributed by atoms with van der Waals surface area (Å²) in [5.74, 6) is 1.55. The fourth-order valence-electron chi connectivity index (χ4n) is 2.19. The lowest BCUT2D eigenvalue weighted by atomic mass is 9.93. The molecule has 1 amide bonds. The normalized spacial score (nSPS) is 18.5. The number of amides is 1. The number of carbonyl (C=O) groups excluding carboxylic acids is 1. The van der Waals surface area contributed by atoms with Gasteiger partial charge in [-0.1, -0.05) is 13.8 Å². The standard InChI is InChI=1S/C12H24N2O/c1-10(2)9-12(15)14-7-4-11(3-6-13)5-8-14/h10-11H,3-9,13H2,1-2H3. The van der Waals surface area contributed by atoms with Gasteiger partial charge in [0.05, 0.1) is 0 Å². The van der Waals surface area contributed by atoms with Gasteiger partial charge in [-0.15, -0.1) is 0 Å². The van der Waals surface area contributed by atoms with E-state index in [4.69, 9.17) is 5.73 Å². The molecule has 0 unspecified atom stereocenters. The summed E-state index contributed by atoms with van der Waals surface area (Å²) in [6.45, 7) is 6.86. The summed E-state index contributed by atoms with van der Waals surface area (Å²) in [6.07, 6.45) is 4.09. The first-order valence-electron chi connectivity index (χ1n) is 6.11. The zero-order valence-corrected chi connectivity index (χ0v) is 10.0. The van der Waals surface area contributed by atoms with Gasteiger partial charge in [-0.3, -0.25) is 4.79 Å². The van der Waals surface area contributed by atoms with Crippen LogP contribution in [0.3, 0.4) is 0 Å². The van der Waals surface area contributed by atoms with Crippen LogP contribution in [0, 0.1) is 11.8 Å². The van der Waals surface area contributed by atoms with Crippen LogP contribution >= 0.6 is 0 Å². The van der Waals surface area contributed by atoms with E-state index in [-0.39, 0.29) is 0 Å². The fourth-order valence-corrected chi connectivity index (χ4v) is 2.19. The molecule has 0 aromatic heterocycles. The van der Waals surface area contributed by atoms with Crippen molar-refractivity contribution < 1.29 is 4.79 Å². The van der Waals surface area contributed by atoms with E-state index in [0.717, 1.165) is 44.8 Å². The number of likely N-dealkylation sites (tertiary alicyclic amines) is 1. The van der Waals surface area contributed by atoms with Crippen LogP contribution in [-0.2, 0) is 4.79 Å². The Morgan fingerprint density at radius 3 is 2.47 bits per heavy atom. The fraction of sp³-hybridized carbons (Fsp3) is 0.917. The summed E-state index contributed by atoms with van der Waals surface area (Å²) in [5, 5.41) is 0. The van der Waals surface area contributed by atoms with Crippen molar-refractivity contribution in [3.63, 3.8) is 0 Å². The number of rotatable bonds is 4. The van der Waals surface area contributed by atoms with Gasteiger partial charge in [0.1, 0.15) is 0 Å². The molecule has 1 aliphatic heterocycles. The molecule has 0 aliphatic carbocycles. The Balaban J connectivity index is 2.27. The molecular formula is C12H24N2O. The summed E-state index contributed by atoms with van der Waals surface area (Å²) in [5.41, 5.74) is 5.54. The lowest BCUT2D eigenvalue weighted by Gasteiger charge is -2.32. The second-order valence-electron chi connectivity index (χ2n) is 5.00. The first-order valence-corrected chi connectivity index (χ1v) is 6.11. The smallest absolute Gasteiger partial charge is 0.222 e. The minimum atomic E-state index is 0.330. The van der Waals surface area contributed by atoms with Crippen molar-refractivity contribution >= 4 is 5.91 Å². The van der Waals surface area contributed by atoms with E-state index < -0.39 is 0 Å². The van der Waals surface area contributed by atoms with E-state index in [2.05, 4.69) is 13.8 Å². The minimum absolute atomic E-state index is 0.330. The Labute approximate surface area is 93.0 Å². The molecule has 0 aromatic carbocycles. The molecule has 3 nitrogen and oxygen atoms in total. The van der Waals surface area contributed by atoms with E-state index in [1.165, 1.54) is 0 Å². The van der Waals surface area contributed by atoms with Gasteiger partial charge in [0.15, 0.2) is 0 Å². The summed E-state index contributed by atoms with van der Waals surface area (Å²) in [7, 11) is 0. The third-order valence-electron chi connectivity index (χ3n) is 3.13. The van der Waals surface area contributed by atoms with E-state index in [1.807, 2.05) is 4.90 Å². The number of hydrogen-bond acceptors (Lipinski definition) is 2. The molecule has 0 saturated carbocycles. The first-order chi connectivity index (χ1) is 7.13. The monoisotopic (exact) mass is 212 g/mol. The summed E-state index contributed by atoms with van der Waals surface area (Å²) in [4.78, 5) is 13.8. The van der Waals surface area contributed by atoms with Crippen LogP contribution in [0.25, 0.3) is 0 Å². The van der Waals surface area contributed by atoms with Gasteiger partial charge in [0.25, 0.3) is 0 Å². The van der Waals surface area contributed by atoms with Gasteiger partial charge >= 0.3 is 0 Å². The molecule has 0 bridgehead atoms. The predicted molar refractivity (Wildman–Crippen MR) is 62.4 cm³/mol. The van der Waals surface area contributed by atoms with E-state index >= 15 is 0 Å². The third-order valence-corrected chi connectivity index (χ3v) is 3.13. The van der Waals surface area contributed by atoms with Gasteiger partial charge in [-0.2, -0.15) is 0 Å². The highest BCUT2D eigenvalue weighted by atomic mass is 16.2. The molecule has 3 heteroatoms. The molecule has 1 saturated heterocycles. The quantitative estimate of drug-likeness (QED) is 0.769. The van der Waals surface area contributed by atoms with Gasteiger partial charge in [-0.05, 0) is 37.6 Å². The van der Waals surface area contributed by atoms with E-state index in [9.17, 15) is 4.79 Å². The molecule has 0 radical (unpaired) electrons. The highest BCUT2D eigenvalue weighted by Gasteiger charge is 2.22. The second-order valence-corrected chi connectivity index (χ2v) is 5.00. The van der Waals surface area contributed by atoms with Crippen molar-refractivity contribution in [1.29, 1.82) is 0 Å². The van der Waals surface area contributed by atoms with Crippen LogP contribution in [0.15, 0.2) is 0 Å². The molecule has 0 atom stereocenters. The third kappa shape index (κ3) is 4.20. The molecule has 1 rings (SSSR count). The largest absolute Gasteiger partial charge is 0.343 e.